The summed E-state index contributed by atoms with van der Waals surface area (Å²) in [5.74, 6) is 0. The summed E-state index contributed by atoms with van der Waals surface area (Å²) < 4.78 is 0. The average Bonchev–Trinajstić information content (AvgIpc) is 1.61. The highest BCUT2D eigenvalue weighted by atomic mass is 16.0. The number of rotatable bonds is 3. The van der Waals surface area contributed by atoms with Crippen LogP contribution in [0, 0.1) is 6.92 Å². The van der Waals surface area contributed by atoms with Gasteiger partial charge in [-0.2, -0.15) is 0 Å². The molecule has 0 saturated heterocycles. The largest absolute Gasteiger partial charge is 0.412 e. The zero-order chi connectivity index (χ0) is 4.83. The summed E-state index contributed by atoms with van der Waals surface area (Å²) in [4.78, 5) is 0. The van der Waals surface area contributed by atoms with Gasteiger partial charge in [-0.3, -0.25) is 0 Å². The molecule has 0 fully saturated rings. The number of hydrogen-bond donors (Lipinski definition) is 0. The fraction of sp³-hybridized carbons (Fsp3) is 0.833. The van der Waals surface area contributed by atoms with Gasteiger partial charge >= 0.3 is 0 Å². The van der Waals surface area contributed by atoms with Crippen molar-refractivity contribution in [2.24, 2.45) is 0 Å². The molecule has 0 spiro atoms. The highest BCUT2D eigenvalue weighted by molar-refractivity contribution is 4.38. The highest BCUT2D eigenvalue weighted by Gasteiger charge is 1.75. The summed E-state index contributed by atoms with van der Waals surface area (Å²) in [5, 5.41) is 0. The minimum atomic E-state index is 0. The molecule has 0 aromatic heterocycles. The Morgan fingerprint density at radius 2 is 1.86 bits per heavy atom. The first-order valence-corrected chi connectivity index (χ1v) is 2.71. The second-order valence-electron chi connectivity index (χ2n) is 1.56. The summed E-state index contributed by atoms with van der Waals surface area (Å²) in [6.45, 7) is 5.93. The molecule has 0 aliphatic rings. The zero-order valence-electron chi connectivity index (χ0n) is 5.04. The molecule has 2 N–H and O–H groups in total. The Morgan fingerprint density at radius 1 is 1.29 bits per heavy atom. The monoisotopic (exact) mass is 103 g/mol. The minimum absolute atomic E-state index is 0. The summed E-state index contributed by atoms with van der Waals surface area (Å²) in [6.07, 6.45) is 5.07. The predicted molar refractivity (Wildman–Crippen MR) is 33.1 cm³/mol. The molecule has 0 saturated carbocycles. The van der Waals surface area contributed by atoms with Gasteiger partial charge in [0.2, 0.25) is 0 Å². The van der Waals surface area contributed by atoms with Crippen molar-refractivity contribution in [2.45, 2.75) is 32.6 Å². The van der Waals surface area contributed by atoms with Crippen LogP contribution >= 0.6 is 0 Å². The fourth-order valence-electron chi connectivity index (χ4n) is 0.427. The fourth-order valence-corrected chi connectivity index (χ4v) is 0.427. The second-order valence-corrected chi connectivity index (χ2v) is 1.56. The van der Waals surface area contributed by atoms with E-state index in [1.807, 2.05) is 0 Å². The van der Waals surface area contributed by atoms with E-state index >= 15 is 0 Å². The third-order valence-electron chi connectivity index (χ3n) is 0.854. The molecule has 7 heavy (non-hydrogen) atoms. The van der Waals surface area contributed by atoms with Gasteiger partial charge in [-0.25, -0.2) is 0 Å². The molecule has 0 aliphatic heterocycles. The first kappa shape index (κ1) is 10.0. The van der Waals surface area contributed by atoms with Crippen molar-refractivity contribution in [1.29, 1.82) is 0 Å². The molecule has 1 radical (unpaired) electrons. The van der Waals surface area contributed by atoms with Gasteiger partial charge in [-0.1, -0.05) is 39.5 Å². The van der Waals surface area contributed by atoms with Crippen molar-refractivity contribution in [3.05, 3.63) is 6.92 Å². The van der Waals surface area contributed by atoms with Gasteiger partial charge in [0.15, 0.2) is 0 Å². The van der Waals surface area contributed by atoms with E-state index in [9.17, 15) is 0 Å². The van der Waals surface area contributed by atoms with Gasteiger partial charge in [0, 0.05) is 0 Å². The first-order chi connectivity index (χ1) is 2.91. The van der Waals surface area contributed by atoms with Crippen LogP contribution in [0.3, 0.4) is 0 Å². The Bertz CT molecular complexity index is 16.1. The molecular formula is C6H15O. The van der Waals surface area contributed by atoms with Crippen LogP contribution < -0.4 is 0 Å². The van der Waals surface area contributed by atoms with Crippen LogP contribution in [-0.4, -0.2) is 5.48 Å². The molecule has 0 aliphatic carbocycles. The molecule has 1 heteroatoms. The van der Waals surface area contributed by atoms with Crippen LogP contribution in [0.15, 0.2) is 0 Å². The van der Waals surface area contributed by atoms with E-state index in [0.717, 1.165) is 6.42 Å². The molecule has 45 valence electrons. The van der Waals surface area contributed by atoms with E-state index in [-0.39, 0.29) is 5.48 Å². The molecule has 0 rings (SSSR count). The van der Waals surface area contributed by atoms with Crippen LogP contribution in [0.4, 0.5) is 0 Å². The highest BCUT2D eigenvalue weighted by Crippen LogP contribution is 1.95. The molecule has 0 unspecified atom stereocenters. The van der Waals surface area contributed by atoms with Crippen molar-refractivity contribution < 1.29 is 5.48 Å². The molecule has 0 atom stereocenters. The van der Waals surface area contributed by atoms with E-state index in [2.05, 4.69) is 13.8 Å². The number of hydrogen-bond acceptors (Lipinski definition) is 0. The summed E-state index contributed by atoms with van der Waals surface area (Å²) in [7, 11) is 0. The van der Waals surface area contributed by atoms with Crippen LogP contribution in [0.2, 0.25) is 0 Å². The van der Waals surface area contributed by atoms with Gasteiger partial charge in [-0.15, -0.1) is 0 Å². The lowest BCUT2D eigenvalue weighted by molar-refractivity contribution is 0.728. The molecular weight excluding hydrogens is 88.1 g/mol. The third-order valence-corrected chi connectivity index (χ3v) is 0.854. The van der Waals surface area contributed by atoms with Gasteiger partial charge in [-0.05, 0) is 0 Å². The Morgan fingerprint density at radius 3 is 2.00 bits per heavy atom. The predicted octanol–water partition coefficient (Wildman–Crippen LogP) is 1.58. The van der Waals surface area contributed by atoms with E-state index < -0.39 is 0 Å². The van der Waals surface area contributed by atoms with Crippen LogP contribution in [0.1, 0.15) is 32.6 Å². The molecule has 0 bridgehead atoms. The van der Waals surface area contributed by atoms with E-state index in [0.29, 0.717) is 0 Å². The van der Waals surface area contributed by atoms with Crippen molar-refractivity contribution in [3.8, 4) is 0 Å². The zero-order valence-corrected chi connectivity index (χ0v) is 5.04. The normalized spacial score (nSPS) is 7.71. The molecule has 1 nitrogen and oxygen atoms in total. The first-order valence-electron chi connectivity index (χ1n) is 2.71. The smallest absolute Gasteiger partial charge is 0.0533 e. The van der Waals surface area contributed by atoms with Gasteiger partial charge in [0.1, 0.15) is 0 Å². The summed E-state index contributed by atoms with van der Waals surface area (Å²) in [6, 6.07) is 0. The third kappa shape index (κ3) is 10.7. The Labute approximate surface area is 46.0 Å². The maximum atomic E-state index is 3.72. The van der Waals surface area contributed by atoms with Gasteiger partial charge in [0.05, 0.1) is 0 Å². The lowest BCUT2D eigenvalue weighted by atomic mass is 10.2. The molecule has 0 amide bonds. The van der Waals surface area contributed by atoms with Gasteiger partial charge in [0.25, 0.3) is 0 Å². The Hall–Kier alpha value is -0.0400. The maximum absolute atomic E-state index is 3.72. The molecule has 0 aromatic rings. The molecule has 0 aromatic carbocycles. The van der Waals surface area contributed by atoms with Crippen molar-refractivity contribution in [2.75, 3.05) is 0 Å². The maximum Gasteiger partial charge on any atom is -0.0533 e. The van der Waals surface area contributed by atoms with Crippen LogP contribution in [0.5, 0.6) is 0 Å². The lowest BCUT2D eigenvalue weighted by Gasteiger charge is -1.86. The van der Waals surface area contributed by atoms with Crippen molar-refractivity contribution >= 4 is 0 Å². The molecule has 0 heterocycles. The summed E-state index contributed by atoms with van der Waals surface area (Å²) in [5.41, 5.74) is 0. The minimum Gasteiger partial charge on any atom is -0.412 e. The Balaban J connectivity index is 0. The lowest BCUT2D eigenvalue weighted by Crippen LogP contribution is -1.66. The SMILES string of the molecule is O.[CH2]CCCCC. The van der Waals surface area contributed by atoms with Crippen LogP contribution in [-0.2, 0) is 0 Å². The van der Waals surface area contributed by atoms with E-state index in [1.54, 1.807) is 0 Å². The van der Waals surface area contributed by atoms with Crippen molar-refractivity contribution in [1.82, 2.24) is 0 Å². The van der Waals surface area contributed by atoms with Gasteiger partial charge < -0.3 is 5.48 Å². The average molecular weight is 103 g/mol. The Kier molecular flexibility index (Phi) is 13.4. The van der Waals surface area contributed by atoms with E-state index in [4.69, 9.17) is 0 Å². The number of unbranched alkanes of at least 4 members (excludes halogenated alkanes) is 3. The van der Waals surface area contributed by atoms with Crippen molar-refractivity contribution in [3.63, 3.8) is 0 Å². The quantitative estimate of drug-likeness (QED) is 0.486. The standard InChI is InChI=1S/C6H13.H2O/c1-3-5-6-4-2;/h1,3-6H2,2H3;1H2. The second kappa shape index (κ2) is 9.35. The topological polar surface area (TPSA) is 31.5 Å². The summed E-state index contributed by atoms with van der Waals surface area (Å²) >= 11 is 0. The van der Waals surface area contributed by atoms with Crippen LogP contribution in [0.25, 0.3) is 0 Å². The van der Waals surface area contributed by atoms with E-state index in [1.165, 1.54) is 19.3 Å².